The van der Waals surface area contributed by atoms with Crippen molar-refractivity contribution in [2.45, 2.75) is 12.0 Å². The van der Waals surface area contributed by atoms with Gasteiger partial charge in [-0.1, -0.05) is 18.2 Å². The van der Waals surface area contributed by atoms with Gasteiger partial charge in [-0.05, 0) is 29.8 Å². The molecule has 4 rings (SSSR count). The summed E-state index contributed by atoms with van der Waals surface area (Å²) >= 11 is 0. The monoisotopic (exact) mass is 440 g/mol. The largest absolute Gasteiger partial charge is 0.493 e. The van der Waals surface area contributed by atoms with Gasteiger partial charge >= 0.3 is 17.6 Å². The lowest BCUT2D eigenvalue weighted by molar-refractivity contribution is -0.148. The van der Waals surface area contributed by atoms with Crippen LogP contribution in [0.4, 0.5) is 0 Å². The fourth-order valence-electron chi connectivity index (χ4n) is 3.71. The molecule has 9 nitrogen and oxygen atoms in total. The van der Waals surface area contributed by atoms with E-state index < -0.39 is 29.6 Å². The van der Waals surface area contributed by atoms with Crippen molar-refractivity contribution in [3.63, 3.8) is 0 Å². The fraction of sp³-hybridized carbons (Fsp3) is 0.261. The Labute approximate surface area is 182 Å². The maximum atomic E-state index is 12.9. The van der Waals surface area contributed by atoms with E-state index in [1.54, 1.807) is 42.5 Å². The highest BCUT2D eigenvalue weighted by Crippen LogP contribution is 2.46. The van der Waals surface area contributed by atoms with E-state index in [0.717, 1.165) is 0 Å². The van der Waals surface area contributed by atoms with Crippen LogP contribution in [0.5, 0.6) is 17.2 Å². The summed E-state index contributed by atoms with van der Waals surface area (Å²) in [7, 11) is 3.94. The van der Waals surface area contributed by atoms with Crippen molar-refractivity contribution in [1.29, 1.82) is 0 Å². The Hall–Kier alpha value is -4.01. The van der Waals surface area contributed by atoms with Crippen molar-refractivity contribution in [2.24, 2.45) is 0 Å². The lowest BCUT2D eigenvalue weighted by atomic mass is 9.88. The van der Waals surface area contributed by atoms with E-state index in [-0.39, 0.29) is 23.7 Å². The van der Waals surface area contributed by atoms with Crippen LogP contribution < -0.4 is 19.8 Å². The van der Waals surface area contributed by atoms with Crippen LogP contribution in [0.1, 0.15) is 17.0 Å². The van der Waals surface area contributed by atoms with Crippen LogP contribution in [0.25, 0.3) is 11.0 Å². The summed E-state index contributed by atoms with van der Waals surface area (Å²) in [5.74, 6) is -1.20. The number of esters is 2. The summed E-state index contributed by atoms with van der Waals surface area (Å²) < 4.78 is 31.8. The molecule has 1 aliphatic rings. The number of rotatable bonds is 6. The molecule has 0 aliphatic carbocycles. The van der Waals surface area contributed by atoms with E-state index in [4.69, 9.17) is 23.4 Å². The molecule has 32 heavy (non-hydrogen) atoms. The first-order chi connectivity index (χ1) is 15.5. The predicted octanol–water partition coefficient (Wildman–Crippen LogP) is 2.42. The van der Waals surface area contributed by atoms with Gasteiger partial charge in [-0.2, -0.15) is 0 Å². The lowest BCUT2D eigenvalue weighted by Crippen LogP contribution is -2.31. The van der Waals surface area contributed by atoms with Crippen molar-refractivity contribution in [2.75, 3.05) is 27.9 Å². The third-order valence-electron chi connectivity index (χ3n) is 5.21. The average Bonchev–Trinajstić information content (AvgIpc) is 3.23. The Morgan fingerprint density at radius 1 is 1.00 bits per heavy atom. The third kappa shape index (κ3) is 3.62. The summed E-state index contributed by atoms with van der Waals surface area (Å²) in [6.45, 7) is -0.346. The number of carbonyl (C=O) groups is 2. The Balaban J connectivity index is 1.86. The van der Waals surface area contributed by atoms with Crippen LogP contribution in [0.15, 0.2) is 51.7 Å². The summed E-state index contributed by atoms with van der Waals surface area (Å²) in [5, 5.41) is 0.564. The van der Waals surface area contributed by atoms with Gasteiger partial charge in [0.1, 0.15) is 11.3 Å². The molecule has 0 saturated heterocycles. The van der Waals surface area contributed by atoms with Gasteiger partial charge in [0.25, 0.3) is 0 Å². The number of fused-ring (bicyclic) bond motifs is 3. The van der Waals surface area contributed by atoms with Crippen LogP contribution in [-0.4, -0.2) is 46.0 Å². The maximum absolute atomic E-state index is 12.9. The van der Waals surface area contributed by atoms with E-state index in [1.807, 2.05) is 0 Å². The number of methoxy groups -OCH3 is 3. The molecule has 0 amide bonds. The minimum atomic E-state index is -1.12. The molecule has 0 fully saturated rings. The molecule has 0 N–H and O–H groups in total. The smallest absolute Gasteiger partial charge is 0.348 e. The highest BCUT2D eigenvalue weighted by molar-refractivity contribution is 5.88. The molecule has 2 aromatic carbocycles. The lowest BCUT2D eigenvalue weighted by Gasteiger charge is -2.18. The highest BCUT2D eigenvalue weighted by atomic mass is 16.6. The minimum Gasteiger partial charge on any atom is -0.493 e. The van der Waals surface area contributed by atoms with E-state index in [2.05, 4.69) is 4.74 Å². The first kappa shape index (κ1) is 21.2. The molecular weight excluding hydrogens is 420 g/mol. The molecule has 9 heteroatoms. The second-order valence-electron chi connectivity index (χ2n) is 6.94. The second kappa shape index (κ2) is 8.62. The van der Waals surface area contributed by atoms with Crippen LogP contribution >= 0.6 is 0 Å². The van der Waals surface area contributed by atoms with Gasteiger partial charge in [0, 0.05) is 0 Å². The van der Waals surface area contributed by atoms with Crippen LogP contribution in [0.2, 0.25) is 0 Å². The first-order valence-corrected chi connectivity index (χ1v) is 9.66. The Morgan fingerprint density at radius 3 is 2.50 bits per heavy atom. The number of ether oxygens (including phenoxy) is 5. The van der Waals surface area contributed by atoms with Gasteiger partial charge in [-0.25, -0.2) is 14.4 Å². The van der Waals surface area contributed by atoms with Gasteiger partial charge in [0.2, 0.25) is 6.10 Å². The number of para-hydroxylation sites is 1. The van der Waals surface area contributed by atoms with Crippen molar-refractivity contribution >= 4 is 22.9 Å². The van der Waals surface area contributed by atoms with Gasteiger partial charge in [0.15, 0.2) is 18.1 Å². The van der Waals surface area contributed by atoms with Gasteiger partial charge < -0.3 is 28.1 Å². The first-order valence-electron chi connectivity index (χ1n) is 9.66. The van der Waals surface area contributed by atoms with Crippen LogP contribution in [0.3, 0.4) is 0 Å². The molecule has 0 radical (unpaired) electrons. The van der Waals surface area contributed by atoms with Crippen molar-refractivity contribution < 1.29 is 37.7 Å². The highest BCUT2D eigenvalue weighted by Gasteiger charge is 2.45. The van der Waals surface area contributed by atoms with E-state index in [0.29, 0.717) is 22.3 Å². The summed E-state index contributed by atoms with van der Waals surface area (Å²) in [6.07, 6.45) is -1.12. The Bertz CT molecular complexity index is 1240. The molecule has 2 heterocycles. The summed E-state index contributed by atoms with van der Waals surface area (Å²) in [4.78, 5) is 37.0. The molecule has 0 bridgehead atoms. The van der Waals surface area contributed by atoms with Gasteiger partial charge in [0.05, 0.1) is 38.2 Å². The number of hydrogen-bond acceptors (Lipinski definition) is 9. The molecule has 0 unspecified atom stereocenters. The number of benzene rings is 2. The number of carbonyl (C=O) groups excluding carboxylic acids is 2. The van der Waals surface area contributed by atoms with Crippen LogP contribution in [-0.2, 0) is 19.1 Å². The van der Waals surface area contributed by atoms with E-state index in [1.165, 1.54) is 21.3 Å². The molecule has 1 aromatic heterocycles. The van der Waals surface area contributed by atoms with E-state index >= 15 is 0 Å². The topological polar surface area (TPSA) is 111 Å². The van der Waals surface area contributed by atoms with Crippen molar-refractivity contribution in [3.8, 4) is 17.2 Å². The SMILES string of the molecule is COC(=O)COc1cc([C@H]2c3c(c4ccccc4oc3=O)O[C@@H]2C(=O)OC)ccc1OC. The van der Waals surface area contributed by atoms with Gasteiger partial charge in [-0.15, -0.1) is 0 Å². The zero-order valence-corrected chi connectivity index (χ0v) is 17.6. The minimum absolute atomic E-state index is 0.197. The summed E-state index contributed by atoms with van der Waals surface area (Å²) in [5.41, 5.74) is 0.436. The fourth-order valence-corrected chi connectivity index (χ4v) is 3.71. The summed E-state index contributed by atoms with van der Waals surface area (Å²) in [6, 6.07) is 11.8. The van der Waals surface area contributed by atoms with Gasteiger partial charge in [-0.3, -0.25) is 0 Å². The quantitative estimate of drug-likeness (QED) is 0.421. The molecule has 1 aliphatic heterocycles. The molecule has 2 atom stereocenters. The second-order valence-corrected chi connectivity index (χ2v) is 6.94. The standard InChI is InChI=1S/C23H20O9/c1-27-15-9-8-12(10-16(15)30-11-17(24)28-2)18-19-20(32-21(18)23(26)29-3)13-6-4-5-7-14(13)31-22(19)25/h4-10,18,21H,11H2,1-3H3/t18-,21-/m0/s1. The Kier molecular flexibility index (Phi) is 5.72. The third-order valence-corrected chi connectivity index (χ3v) is 5.21. The van der Waals surface area contributed by atoms with Crippen LogP contribution in [0, 0.1) is 0 Å². The van der Waals surface area contributed by atoms with E-state index in [9.17, 15) is 14.4 Å². The molecular formula is C23H20O9. The number of hydrogen-bond donors (Lipinski definition) is 0. The normalized spacial score (nSPS) is 16.7. The zero-order valence-electron chi connectivity index (χ0n) is 17.6. The maximum Gasteiger partial charge on any atom is 0.348 e. The molecule has 0 spiro atoms. The average molecular weight is 440 g/mol. The van der Waals surface area contributed by atoms with Crippen molar-refractivity contribution in [1.82, 2.24) is 0 Å². The predicted molar refractivity (Wildman–Crippen MR) is 111 cm³/mol. The molecule has 166 valence electrons. The van der Waals surface area contributed by atoms with Crippen molar-refractivity contribution in [3.05, 3.63) is 64.0 Å². The zero-order chi connectivity index (χ0) is 22.8. The molecule has 0 saturated carbocycles. The Morgan fingerprint density at radius 2 is 1.78 bits per heavy atom. The molecule has 3 aromatic rings.